The van der Waals surface area contributed by atoms with Crippen molar-refractivity contribution in [2.75, 3.05) is 26.2 Å². The Hall–Kier alpha value is -2.19. The van der Waals surface area contributed by atoms with Gasteiger partial charge in [-0.05, 0) is 50.5 Å². The zero-order valence-corrected chi connectivity index (χ0v) is 15.5. The maximum absolute atomic E-state index is 12.7. The van der Waals surface area contributed by atoms with Gasteiger partial charge < -0.3 is 10.0 Å². The fourth-order valence-electron chi connectivity index (χ4n) is 3.43. The van der Waals surface area contributed by atoms with Crippen LogP contribution >= 0.6 is 0 Å². The Morgan fingerprint density at radius 1 is 1.00 bits per heavy atom. The number of carboxylic acids is 1. The van der Waals surface area contributed by atoms with E-state index in [1.54, 1.807) is 4.90 Å². The Morgan fingerprint density at radius 3 is 2.12 bits per heavy atom. The van der Waals surface area contributed by atoms with Gasteiger partial charge in [-0.3, -0.25) is 4.79 Å². The summed E-state index contributed by atoms with van der Waals surface area (Å²) in [7, 11) is -3.69. The average molecular weight is 378 g/mol. The zero-order chi connectivity index (χ0) is 18.9. The summed E-state index contributed by atoms with van der Waals surface area (Å²) in [5, 5.41) is 8.92. The highest BCUT2D eigenvalue weighted by Gasteiger charge is 2.32. The molecule has 0 spiro atoms. The Kier molecular flexibility index (Phi) is 5.15. The van der Waals surface area contributed by atoms with E-state index in [0.717, 1.165) is 30.4 Å². The van der Waals surface area contributed by atoms with Gasteiger partial charge >= 0.3 is 5.97 Å². The number of carboxylic acid groups (broad SMARTS) is 1. The minimum atomic E-state index is -3.69. The lowest BCUT2D eigenvalue weighted by Gasteiger charge is -2.34. The van der Waals surface area contributed by atoms with E-state index in [0.29, 0.717) is 13.1 Å². The molecule has 1 aromatic carbocycles. The van der Waals surface area contributed by atoms with Crippen molar-refractivity contribution in [3.8, 4) is 0 Å². The van der Waals surface area contributed by atoms with Gasteiger partial charge in [-0.2, -0.15) is 4.31 Å². The predicted octanol–water partition coefficient (Wildman–Crippen LogP) is 1.72. The summed E-state index contributed by atoms with van der Waals surface area (Å²) >= 11 is 0. The third kappa shape index (κ3) is 3.52. The van der Waals surface area contributed by atoms with Crippen LogP contribution in [0.4, 0.5) is 0 Å². The van der Waals surface area contributed by atoms with Crippen LogP contribution in [0.3, 0.4) is 0 Å². The van der Waals surface area contributed by atoms with E-state index in [1.807, 2.05) is 6.92 Å². The van der Waals surface area contributed by atoms with Crippen molar-refractivity contribution >= 4 is 21.9 Å². The highest BCUT2D eigenvalue weighted by atomic mass is 32.2. The highest BCUT2D eigenvalue weighted by molar-refractivity contribution is 7.89. The maximum atomic E-state index is 12.7. The monoisotopic (exact) mass is 378 g/mol. The van der Waals surface area contributed by atoms with Crippen LogP contribution < -0.4 is 0 Å². The first-order valence-electron chi connectivity index (χ1n) is 8.62. The second-order valence-electron chi connectivity index (χ2n) is 6.64. The van der Waals surface area contributed by atoms with Crippen molar-refractivity contribution in [2.24, 2.45) is 0 Å². The van der Waals surface area contributed by atoms with Gasteiger partial charge in [0.1, 0.15) is 0 Å². The number of carbonyl (C=O) groups excluding carboxylic acids is 1. The Morgan fingerprint density at radius 2 is 1.62 bits per heavy atom. The van der Waals surface area contributed by atoms with E-state index in [1.165, 1.54) is 28.6 Å². The molecule has 0 atom stereocenters. The minimum Gasteiger partial charge on any atom is -0.478 e. The number of hydrogen-bond acceptors (Lipinski definition) is 4. The second-order valence-corrected chi connectivity index (χ2v) is 8.58. The van der Waals surface area contributed by atoms with Crippen molar-refractivity contribution in [1.82, 2.24) is 9.21 Å². The molecule has 1 aromatic rings. The third-order valence-corrected chi connectivity index (χ3v) is 6.93. The molecule has 0 unspecified atom stereocenters. The number of allylic oxidation sites excluding steroid dienone is 1. The van der Waals surface area contributed by atoms with Crippen LogP contribution in [0.1, 0.15) is 36.5 Å². The van der Waals surface area contributed by atoms with Crippen molar-refractivity contribution in [1.29, 1.82) is 0 Å². The standard InChI is InChI=1S/C18H22N2O5S/c1-13-3-2-4-16(13)17(21)19-9-11-20(12-10-19)26(24,25)15-7-5-14(6-8-15)18(22)23/h5-8H,2-4,9-12H2,1H3,(H,22,23). The van der Waals surface area contributed by atoms with Gasteiger partial charge in [-0.1, -0.05) is 5.57 Å². The summed E-state index contributed by atoms with van der Waals surface area (Å²) in [6, 6.07) is 5.18. The molecule has 1 heterocycles. The molecule has 1 fully saturated rings. The normalized spacial score (nSPS) is 19.0. The summed E-state index contributed by atoms with van der Waals surface area (Å²) in [5.41, 5.74) is 2.06. The van der Waals surface area contributed by atoms with Crippen molar-refractivity contribution < 1.29 is 23.1 Å². The number of carbonyl (C=O) groups is 2. The van der Waals surface area contributed by atoms with Crippen molar-refractivity contribution in [2.45, 2.75) is 31.1 Å². The molecule has 0 bridgehead atoms. The molecule has 140 valence electrons. The molecular weight excluding hydrogens is 356 g/mol. The summed E-state index contributed by atoms with van der Waals surface area (Å²) in [5.74, 6) is -1.07. The first-order valence-corrected chi connectivity index (χ1v) is 10.1. The van der Waals surface area contributed by atoms with E-state index in [9.17, 15) is 18.0 Å². The Balaban J connectivity index is 1.68. The summed E-state index contributed by atoms with van der Waals surface area (Å²) < 4.78 is 26.8. The van der Waals surface area contributed by atoms with Gasteiger partial charge in [0.2, 0.25) is 15.9 Å². The molecule has 0 radical (unpaired) electrons. The number of nitrogens with zero attached hydrogens (tertiary/aromatic N) is 2. The second kappa shape index (κ2) is 7.20. The molecule has 2 aliphatic rings. The van der Waals surface area contributed by atoms with Gasteiger partial charge in [0.15, 0.2) is 0 Å². The van der Waals surface area contributed by atoms with Crippen LogP contribution in [0.25, 0.3) is 0 Å². The summed E-state index contributed by atoms with van der Waals surface area (Å²) in [6.07, 6.45) is 2.77. The molecule has 3 rings (SSSR count). The largest absolute Gasteiger partial charge is 0.478 e. The van der Waals surface area contributed by atoms with Crippen molar-refractivity contribution in [3.05, 3.63) is 41.0 Å². The van der Waals surface area contributed by atoms with E-state index in [2.05, 4.69) is 0 Å². The molecule has 1 amide bonds. The molecule has 1 saturated heterocycles. The van der Waals surface area contributed by atoms with E-state index in [4.69, 9.17) is 5.11 Å². The number of sulfonamides is 1. The van der Waals surface area contributed by atoms with Gasteiger partial charge in [0.05, 0.1) is 10.5 Å². The number of piperazine rings is 1. The fourth-order valence-corrected chi connectivity index (χ4v) is 4.85. The Labute approximate surface area is 153 Å². The maximum Gasteiger partial charge on any atom is 0.335 e. The van der Waals surface area contributed by atoms with Crippen molar-refractivity contribution in [3.63, 3.8) is 0 Å². The smallest absolute Gasteiger partial charge is 0.335 e. The number of rotatable bonds is 4. The molecule has 1 N–H and O–H groups in total. The van der Waals surface area contributed by atoms with Gasteiger partial charge in [0, 0.05) is 31.8 Å². The van der Waals surface area contributed by atoms with E-state index in [-0.39, 0.29) is 29.5 Å². The molecule has 1 aliphatic heterocycles. The lowest BCUT2D eigenvalue weighted by Crippen LogP contribution is -2.50. The number of hydrogen-bond donors (Lipinski definition) is 1. The molecular formula is C18H22N2O5S. The first kappa shape index (κ1) is 18.6. The molecule has 7 nitrogen and oxygen atoms in total. The van der Waals surface area contributed by atoms with Crippen LogP contribution in [-0.2, 0) is 14.8 Å². The topological polar surface area (TPSA) is 95.0 Å². The first-order chi connectivity index (χ1) is 12.3. The van der Waals surface area contributed by atoms with Crippen LogP contribution in [-0.4, -0.2) is 60.8 Å². The van der Waals surface area contributed by atoms with E-state index >= 15 is 0 Å². The summed E-state index contributed by atoms with van der Waals surface area (Å²) in [4.78, 5) is 25.3. The van der Waals surface area contributed by atoms with Gasteiger partial charge in [-0.15, -0.1) is 0 Å². The quantitative estimate of drug-likeness (QED) is 0.861. The summed E-state index contributed by atoms with van der Waals surface area (Å²) in [6.45, 7) is 3.19. The fraction of sp³-hybridized carbons (Fsp3) is 0.444. The number of benzene rings is 1. The van der Waals surface area contributed by atoms with Crippen LogP contribution in [0.5, 0.6) is 0 Å². The molecule has 0 aromatic heterocycles. The SMILES string of the molecule is CC1=C(C(=O)N2CCN(S(=O)(=O)c3ccc(C(=O)O)cc3)CC2)CCC1. The number of amides is 1. The number of aromatic carboxylic acids is 1. The lowest BCUT2D eigenvalue weighted by molar-refractivity contribution is -0.128. The van der Waals surface area contributed by atoms with Crippen LogP contribution in [0.15, 0.2) is 40.3 Å². The molecule has 26 heavy (non-hydrogen) atoms. The zero-order valence-electron chi connectivity index (χ0n) is 14.6. The third-order valence-electron chi connectivity index (χ3n) is 5.02. The minimum absolute atomic E-state index is 0.0304. The van der Waals surface area contributed by atoms with Gasteiger partial charge in [-0.25, -0.2) is 13.2 Å². The highest BCUT2D eigenvalue weighted by Crippen LogP contribution is 2.27. The van der Waals surface area contributed by atoms with Crippen LogP contribution in [0, 0.1) is 0 Å². The molecule has 1 aliphatic carbocycles. The van der Waals surface area contributed by atoms with Gasteiger partial charge in [0.25, 0.3) is 0 Å². The molecule has 8 heteroatoms. The molecule has 0 saturated carbocycles. The lowest BCUT2D eigenvalue weighted by atomic mass is 10.1. The predicted molar refractivity (Wildman–Crippen MR) is 95.3 cm³/mol. The van der Waals surface area contributed by atoms with E-state index < -0.39 is 16.0 Å². The van der Waals surface area contributed by atoms with Crippen LogP contribution in [0.2, 0.25) is 0 Å². The average Bonchev–Trinajstić information content (AvgIpc) is 3.07. The Bertz CT molecular complexity index is 850.